The van der Waals surface area contributed by atoms with Gasteiger partial charge in [0.1, 0.15) is 18.2 Å². The lowest BCUT2D eigenvalue weighted by Crippen LogP contribution is -2.30. The molecule has 1 fully saturated rings. The number of carbonyl (C=O) groups excluding carboxylic acids is 1. The molecular weight excluding hydrogens is 414 g/mol. The molecule has 0 saturated carbocycles. The number of amides is 1. The van der Waals surface area contributed by atoms with Gasteiger partial charge in [0, 0.05) is 12.2 Å². The third-order valence-corrected chi connectivity index (χ3v) is 5.90. The first kappa shape index (κ1) is 21.2. The number of benzene rings is 3. The molecule has 6 heteroatoms. The summed E-state index contributed by atoms with van der Waals surface area (Å²) in [6.07, 6.45) is 2.92. The third kappa shape index (κ3) is 5.23. The summed E-state index contributed by atoms with van der Waals surface area (Å²) in [5, 5.41) is 3.16. The molecule has 1 aliphatic rings. The van der Waals surface area contributed by atoms with Gasteiger partial charge in [0.15, 0.2) is 0 Å². The summed E-state index contributed by atoms with van der Waals surface area (Å²) >= 11 is 0. The highest BCUT2D eigenvalue weighted by atomic mass is 16.5. The normalized spacial score (nSPS) is 16.5. The van der Waals surface area contributed by atoms with E-state index in [9.17, 15) is 4.79 Å². The van der Waals surface area contributed by atoms with Crippen LogP contribution in [-0.2, 0) is 11.2 Å². The van der Waals surface area contributed by atoms with E-state index < -0.39 is 0 Å². The van der Waals surface area contributed by atoms with Gasteiger partial charge in [0.25, 0.3) is 5.91 Å². The average molecular weight is 442 g/mol. The van der Waals surface area contributed by atoms with Gasteiger partial charge in [0.2, 0.25) is 0 Å². The number of nitrogens with zero attached hydrogens (tertiary/aromatic N) is 1. The second-order valence-electron chi connectivity index (χ2n) is 8.33. The van der Waals surface area contributed by atoms with Crippen LogP contribution in [0.15, 0.2) is 78.9 Å². The lowest BCUT2D eigenvalue weighted by atomic mass is 10.0. The molecule has 1 amide bonds. The number of para-hydroxylation sites is 2. The molecule has 33 heavy (non-hydrogen) atoms. The number of ether oxygens (including phenoxy) is 2. The van der Waals surface area contributed by atoms with Crippen molar-refractivity contribution in [1.82, 2.24) is 15.3 Å². The first-order chi connectivity index (χ1) is 16.2. The van der Waals surface area contributed by atoms with Gasteiger partial charge in [-0.1, -0.05) is 42.5 Å². The van der Waals surface area contributed by atoms with E-state index in [0.717, 1.165) is 47.6 Å². The van der Waals surface area contributed by atoms with Crippen molar-refractivity contribution >= 4 is 16.9 Å². The molecule has 6 nitrogen and oxygen atoms in total. The fourth-order valence-corrected chi connectivity index (χ4v) is 4.11. The molecule has 2 heterocycles. The summed E-state index contributed by atoms with van der Waals surface area (Å²) in [7, 11) is 0. The lowest BCUT2D eigenvalue weighted by Gasteiger charge is -2.17. The lowest BCUT2D eigenvalue weighted by molar-refractivity contribution is 0.0679. The Balaban J connectivity index is 1.30. The Bertz CT molecular complexity index is 1170. The Morgan fingerprint density at radius 2 is 1.85 bits per heavy atom. The van der Waals surface area contributed by atoms with Crippen LogP contribution in [0, 0.1) is 0 Å². The van der Waals surface area contributed by atoms with Crippen molar-refractivity contribution in [2.75, 3.05) is 13.2 Å². The zero-order valence-corrected chi connectivity index (χ0v) is 18.4. The molecule has 0 spiro atoms. The van der Waals surface area contributed by atoms with E-state index in [1.165, 1.54) is 0 Å². The molecule has 1 aromatic heterocycles. The van der Waals surface area contributed by atoms with E-state index in [2.05, 4.69) is 22.4 Å². The van der Waals surface area contributed by atoms with Crippen LogP contribution in [0.5, 0.6) is 5.75 Å². The van der Waals surface area contributed by atoms with Crippen molar-refractivity contribution in [3.63, 3.8) is 0 Å². The average Bonchev–Trinajstić information content (AvgIpc) is 3.53. The topological polar surface area (TPSA) is 76.2 Å². The Kier molecular flexibility index (Phi) is 6.35. The van der Waals surface area contributed by atoms with Crippen LogP contribution in [0.2, 0.25) is 0 Å². The van der Waals surface area contributed by atoms with Crippen molar-refractivity contribution in [3.8, 4) is 5.75 Å². The standard InChI is InChI=1S/C27H27N3O3/c31-27(20-12-14-21(15-13-20)33-18-22-9-6-16-32-22)30-25(17-19-7-2-1-3-8-19)26-28-23-10-4-5-11-24(23)29-26/h1-5,7-8,10-15,22,25H,6,9,16-18H2,(H,28,29)(H,30,31)/t22-,25+/m0/s1. The van der Waals surface area contributed by atoms with E-state index in [-0.39, 0.29) is 18.1 Å². The number of rotatable bonds is 8. The fraction of sp³-hybridized carbons (Fsp3) is 0.259. The maximum atomic E-state index is 13.1. The van der Waals surface area contributed by atoms with Gasteiger partial charge in [-0.05, 0) is 61.2 Å². The van der Waals surface area contributed by atoms with E-state index in [1.54, 1.807) is 12.1 Å². The summed E-state index contributed by atoms with van der Waals surface area (Å²) in [5.41, 5.74) is 3.54. The number of H-pyrrole nitrogens is 1. The zero-order chi connectivity index (χ0) is 22.5. The van der Waals surface area contributed by atoms with Gasteiger partial charge >= 0.3 is 0 Å². The molecule has 0 bridgehead atoms. The molecule has 0 aliphatic carbocycles. The Morgan fingerprint density at radius 1 is 1.06 bits per heavy atom. The Hall–Kier alpha value is -3.64. The monoisotopic (exact) mass is 441 g/mol. The van der Waals surface area contributed by atoms with Crippen LogP contribution in [0.25, 0.3) is 11.0 Å². The molecule has 4 aromatic rings. The largest absolute Gasteiger partial charge is 0.491 e. The van der Waals surface area contributed by atoms with E-state index >= 15 is 0 Å². The van der Waals surface area contributed by atoms with Gasteiger partial charge < -0.3 is 19.8 Å². The zero-order valence-electron chi connectivity index (χ0n) is 18.4. The minimum absolute atomic E-state index is 0.151. The summed E-state index contributed by atoms with van der Waals surface area (Å²) in [6, 6.07) is 24.9. The quantitative estimate of drug-likeness (QED) is 0.410. The Morgan fingerprint density at radius 3 is 2.61 bits per heavy atom. The van der Waals surface area contributed by atoms with Gasteiger partial charge in [-0.3, -0.25) is 4.79 Å². The molecular formula is C27H27N3O3. The fourth-order valence-electron chi connectivity index (χ4n) is 4.11. The smallest absolute Gasteiger partial charge is 0.251 e. The van der Waals surface area contributed by atoms with E-state index in [1.807, 2.05) is 54.6 Å². The van der Waals surface area contributed by atoms with Gasteiger partial charge in [-0.15, -0.1) is 0 Å². The molecule has 0 radical (unpaired) electrons. The molecule has 1 aliphatic heterocycles. The Labute approximate surface area is 193 Å². The second-order valence-corrected chi connectivity index (χ2v) is 8.33. The number of aromatic amines is 1. The highest BCUT2D eigenvalue weighted by Crippen LogP contribution is 2.21. The summed E-state index contributed by atoms with van der Waals surface area (Å²) in [5.74, 6) is 1.33. The summed E-state index contributed by atoms with van der Waals surface area (Å²) in [6.45, 7) is 1.35. The minimum Gasteiger partial charge on any atom is -0.491 e. The summed E-state index contributed by atoms with van der Waals surface area (Å²) in [4.78, 5) is 21.2. The van der Waals surface area contributed by atoms with E-state index in [4.69, 9.17) is 14.5 Å². The maximum Gasteiger partial charge on any atom is 0.251 e. The van der Waals surface area contributed by atoms with Crippen LogP contribution in [0.3, 0.4) is 0 Å². The SMILES string of the molecule is O=C(N[C@H](Cc1ccccc1)c1nc2ccccc2[nH]1)c1ccc(OC[C@@H]2CCCO2)cc1. The highest BCUT2D eigenvalue weighted by Gasteiger charge is 2.20. The van der Waals surface area contributed by atoms with E-state index in [0.29, 0.717) is 18.6 Å². The number of fused-ring (bicyclic) bond motifs is 1. The molecule has 3 aromatic carbocycles. The number of nitrogens with one attached hydrogen (secondary N) is 2. The van der Waals surface area contributed by atoms with Crippen molar-refractivity contribution < 1.29 is 14.3 Å². The predicted octanol–water partition coefficient (Wildman–Crippen LogP) is 4.83. The van der Waals surface area contributed by atoms with Crippen LogP contribution in [0.1, 0.15) is 40.6 Å². The van der Waals surface area contributed by atoms with Crippen molar-refractivity contribution in [2.45, 2.75) is 31.4 Å². The van der Waals surface area contributed by atoms with Gasteiger partial charge in [-0.2, -0.15) is 0 Å². The molecule has 0 unspecified atom stereocenters. The van der Waals surface area contributed by atoms with Gasteiger partial charge in [0.05, 0.1) is 23.2 Å². The second kappa shape index (κ2) is 9.88. The van der Waals surface area contributed by atoms with Crippen molar-refractivity contribution in [3.05, 3.63) is 95.8 Å². The number of carbonyl (C=O) groups is 1. The number of hydrogen-bond donors (Lipinski definition) is 2. The predicted molar refractivity (Wildman–Crippen MR) is 127 cm³/mol. The maximum absolute atomic E-state index is 13.1. The number of imidazole rings is 1. The molecule has 168 valence electrons. The van der Waals surface area contributed by atoms with Crippen LogP contribution >= 0.6 is 0 Å². The summed E-state index contributed by atoms with van der Waals surface area (Å²) < 4.78 is 11.4. The van der Waals surface area contributed by atoms with Crippen LogP contribution in [-0.4, -0.2) is 35.2 Å². The van der Waals surface area contributed by atoms with Crippen molar-refractivity contribution in [1.29, 1.82) is 0 Å². The molecule has 1 saturated heterocycles. The van der Waals surface area contributed by atoms with Crippen LogP contribution < -0.4 is 10.1 Å². The highest BCUT2D eigenvalue weighted by molar-refractivity contribution is 5.94. The van der Waals surface area contributed by atoms with Crippen molar-refractivity contribution in [2.24, 2.45) is 0 Å². The first-order valence-electron chi connectivity index (χ1n) is 11.4. The third-order valence-electron chi connectivity index (χ3n) is 5.90. The molecule has 2 atom stereocenters. The number of hydrogen-bond acceptors (Lipinski definition) is 4. The minimum atomic E-state index is -0.289. The molecule has 5 rings (SSSR count). The van der Waals surface area contributed by atoms with Gasteiger partial charge in [-0.25, -0.2) is 4.98 Å². The number of aromatic nitrogens is 2. The molecule has 2 N–H and O–H groups in total. The van der Waals surface area contributed by atoms with Crippen LogP contribution in [0.4, 0.5) is 0 Å². The first-order valence-corrected chi connectivity index (χ1v) is 11.4.